The fraction of sp³-hybridized carbons (Fsp3) is 0.273. The van der Waals surface area contributed by atoms with Gasteiger partial charge in [-0.2, -0.15) is 15.4 Å². The predicted octanol–water partition coefficient (Wildman–Crippen LogP) is 0.114. The molecule has 1 fully saturated rings. The number of carboxylic acids is 1. The minimum absolute atomic E-state index is 0.169. The first kappa shape index (κ1) is 10.7. The Morgan fingerprint density at radius 3 is 2.72 bits per heavy atom. The zero-order valence-electron chi connectivity index (χ0n) is 9.33. The van der Waals surface area contributed by atoms with Gasteiger partial charge in [0.2, 0.25) is 0 Å². The maximum absolute atomic E-state index is 12.0. The molecule has 0 aliphatic carbocycles. The number of aliphatic carboxylic acids is 1. The van der Waals surface area contributed by atoms with Crippen molar-refractivity contribution in [2.24, 2.45) is 5.92 Å². The second-order valence-electron chi connectivity index (χ2n) is 4.27. The first-order valence-corrected chi connectivity index (χ1v) is 5.48. The normalized spacial score (nSPS) is 15.7. The minimum atomic E-state index is -0.856. The van der Waals surface area contributed by atoms with Gasteiger partial charge >= 0.3 is 5.97 Å². The van der Waals surface area contributed by atoms with Gasteiger partial charge in [-0.3, -0.25) is 9.59 Å². The van der Waals surface area contributed by atoms with Crippen LogP contribution < -0.4 is 0 Å². The highest BCUT2D eigenvalue weighted by molar-refractivity contribution is 5.98. The number of nitrogens with one attached hydrogen (secondary N) is 1. The smallest absolute Gasteiger partial charge is 0.310 e. The number of aromatic nitrogens is 3. The van der Waals surface area contributed by atoms with E-state index in [9.17, 15) is 9.59 Å². The van der Waals surface area contributed by atoms with Crippen LogP contribution in [0.5, 0.6) is 0 Å². The molecule has 92 valence electrons. The lowest BCUT2D eigenvalue weighted by atomic mass is 9.99. The van der Waals surface area contributed by atoms with E-state index in [-0.39, 0.29) is 19.0 Å². The van der Waals surface area contributed by atoms with Crippen LogP contribution >= 0.6 is 0 Å². The van der Waals surface area contributed by atoms with Crippen LogP contribution in [0.3, 0.4) is 0 Å². The first-order valence-electron chi connectivity index (χ1n) is 5.48. The molecule has 2 aromatic rings. The molecule has 1 saturated heterocycles. The molecule has 1 amide bonds. The number of aromatic amines is 1. The van der Waals surface area contributed by atoms with E-state index in [0.29, 0.717) is 16.6 Å². The standard InChI is InChI=1S/C11H10N4O3/c16-10(15-4-7(5-15)11(17)18)6-1-2-8-9(3-6)13-14-12-8/h1-3,7H,4-5H2,(H,17,18)(H,12,13,14). The van der Waals surface area contributed by atoms with Crippen LogP contribution in [-0.4, -0.2) is 50.4 Å². The number of benzene rings is 1. The van der Waals surface area contributed by atoms with E-state index in [1.807, 2.05) is 0 Å². The van der Waals surface area contributed by atoms with Crippen LogP contribution in [0, 0.1) is 5.92 Å². The molecule has 1 aliphatic rings. The van der Waals surface area contributed by atoms with Crippen molar-refractivity contribution in [3.05, 3.63) is 23.8 Å². The van der Waals surface area contributed by atoms with E-state index in [2.05, 4.69) is 15.4 Å². The second-order valence-corrected chi connectivity index (χ2v) is 4.27. The van der Waals surface area contributed by atoms with E-state index in [4.69, 9.17) is 5.11 Å². The third-order valence-electron chi connectivity index (χ3n) is 3.08. The van der Waals surface area contributed by atoms with Crippen molar-refractivity contribution < 1.29 is 14.7 Å². The zero-order chi connectivity index (χ0) is 12.7. The van der Waals surface area contributed by atoms with Gasteiger partial charge in [-0.15, -0.1) is 0 Å². The summed E-state index contributed by atoms with van der Waals surface area (Å²) in [5, 5.41) is 19.0. The van der Waals surface area contributed by atoms with Gasteiger partial charge in [-0.1, -0.05) is 0 Å². The molecule has 2 N–H and O–H groups in total. The summed E-state index contributed by atoms with van der Waals surface area (Å²) >= 11 is 0. The molecule has 0 saturated carbocycles. The maximum Gasteiger partial charge on any atom is 0.310 e. The Morgan fingerprint density at radius 2 is 2.00 bits per heavy atom. The maximum atomic E-state index is 12.0. The number of amides is 1. The number of likely N-dealkylation sites (tertiary alicyclic amines) is 1. The number of hydrogen-bond acceptors (Lipinski definition) is 4. The molecule has 1 aromatic heterocycles. The Hall–Kier alpha value is -2.44. The molecule has 2 heterocycles. The summed E-state index contributed by atoms with van der Waals surface area (Å²) in [4.78, 5) is 24.2. The third-order valence-corrected chi connectivity index (χ3v) is 3.08. The molecule has 1 aromatic carbocycles. The summed E-state index contributed by atoms with van der Waals surface area (Å²) in [5.41, 5.74) is 1.81. The number of carbonyl (C=O) groups is 2. The van der Waals surface area contributed by atoms with Crippen LogP contribution in [0.2, 0.25) is 0 Å². The van der Waals surface area contributed by atoms with Crippen molar-refractivity contribution in [2.75, 3.05) is 13.1 Å². The number of rotatable bonds is 2. The van der Waals surface area contributed by atoms with Gasteiger partial charge in [0.05, 0.1) is 5.92 Å². The number of carboxylic acid groups (broad SMARTS) is 1. The van der Waals surface area contributed by atoms with E-state index in [1.165, 1.54) is 4.90 Å². The summed E-state index contributed by atoms with van der Waals surface area (Å²) in [7, 11) is 0. The molecule has 7 nitrogen and oxygen atoms in total. The van der Waals surface area contributed by atoms with Crippen molar-refractivity contribution in [3.8, 4) is 0 Å². The average Bonchev–Trinajstić information content (AvgIpc) is 2.72. The van der Waals surface area contributed by atoms with E-state index in [0.717, 1.165) is 0 Å². The Labute approximate surface area is 101 Å². The van der Waals surface area contributed by atoms with E-state index in [1.54, 1.807) is 18.2 Å². The van der Waals surface area contributed by atoms with Gasteiger partial charge in [0.15, 0.2) is 0 Å². The molecule has 18 heavy (non-hydrogen) atoms. The molecule has 0 bridgehead atoms. The molecule has 0 radical (unpaired) electrons. The first-order chi connectivity index (χ1) is 8.65. The molecule has 3 rings (SSSR count). The van der Waals surface area contributed by atoms with Crippen LogP contribution in [0.4, 0.5) is 0 Å². The quantitative estimate of drug-likeness (QED) is 0.783. The molecular formula is C11H10N4O3. The Kier molecular flexibility index (Phi) is 2.26. The van der Waals surface area contributed by atoms with Crippen LogP contribution in [-0.2, 0) is 4.79 Å². The zero-order valence-corrected chi connectivity index (χ0v) is 9.33. The summed E-state index contributed by atoms with van der Waals surface area (Å²) in [6, 6.07) is 5.02. The lowest BCUT2D eigenvalue weighted by molar-refractivity contribution is -0.146. The Morgan fingerprint density at radius 1 is 1.28 bits per heavy atom. The van der Waals surface area contributed by atoms with Gasteiger partial charge in [0.1, 0.15) is 11.0 Å². The van der Waals surface area contributed by atoms with Crippen LogP contribution in [0.1, 0.15) is 10.4 Å². The third kappa shape index (κ3) is 1.60. The van der Waals surface area contributed by atoms with Crippen molar-refractivity contribution in [3.63, 3.8) is 0 Å². The Balaban J connectivity index is 1.78. The topological polar surface area (TPSA) is 99.2 Å². The van der Waals surface area contributed by atoms with Crippen molar-refractivity contribution in [1.29, 1.82) is 0 Å². The molecule has 7 heteroatoms. The van der Waals surface area contributed by atoms with Gasteiger partial charge in [0, 0.05) is 18.7 Å². The summed E-state index contributed by atoms with van der Waals surface area (Å²) in [5.74, 6) is -1.46. The highest BCUT2D eigenvalue weighted by Crippen LogP contribution is 2.20. The monoisotopic (exact) mass is 246 g/mol. The summed E-state index contributed by atoms with van der Waals surface area (Å²) in [6.45, 7) is 0.538. The largest absolute Gasteiger partial charge is 0.481 e. The van der Waals surface area contributed by atoms with Gasteiger partial charge in [0.25, 0.3) is 5.91 Å². The van der Waals surface area contributed by atoms with E-state index < -0.39 is 11.9 Å². The van der Waals surface area contributed by atoms with Gasteiger partial charge in [-0.05, 0) is 18.2 Å². The van der Waals surface area contributed by atoms with Crippen molar-refractivity contribution >= 4 is 22.9 Å². The molecule has 1 aliphatic heterocycles. The number of fused-ring (bicyclic) bond motifs is 1. The Bertz CT molecular complexity index is 630. The van der Waals surface area contributed by atoms with Gasteiger partial charge in [-0.25, -0.2) is 0 Å². The number of nitrogens with zero attached hydrogens (tertiary/aromatic N) is 3. The highest BCUT2D eigenvalue weighted by atomic mass is 16.4. The lowest BCUT2D eigenvalue weighted by Gasteiger charge is -2.36. The van der Waals surface area contributed by atoms with E-state index >= 15 is 0 Å². The van der Waals surface area contributed by atoms with Crippen molar-refractivity contribution in [1.82, 2.24) is 20.3 Å². The lowest BCUT2D eigenvalue weighted by Crippen LogP contribution is -2.53. The SMILES string of the molecule is O=C(O)C1CN(C(=O)c2ccc3n[nH]nc3c2)C1. The second kappa shape index (κ2) is 3.80. The molecule has 0 atom stereocenters. The van der Waals surface area contributed by atoms with Crippen molar-refractivity contribution in [2.45, 2.75) is 0 Å². The number of hydrogen-bond donors (Lipinski definition) is 2. The predicted molar refractivity (Wildman–Crippen MR) is 60.9 cm³/mol. The number of carbonyl (C=O) groups excluding carboxylic acids is 1. The minimum Gasteiger partial charge on any atom is -0.481 e. The summed E-state index contributed by atoms with van der Waals surface area (Å²) in [6.07, 6.45) is 0. The molecule has 0 spiro atoms. The summed E-state index contributed by atoms with van der Waals surface area (Å²) < 4.78 is 0. The van der Waals surface area contributed by atoms with Crippen LogP contribution in [0.25, 0.3) is 11.0 Å². The fourth-order valence-electron chi connectivity index (χ4n) is 1.96. The number of H-pyrrole nitrogens is 1. The highest BCUT2D eigenvalue weighted by Gasteiger charge is 2.35. The van der Waals surface area contributed by atoms with Gasteiger partial charge < -0.3 is 10.0 Å². The fourth-order valence-corrected chi connectivity index (χ4v) is 1.96. The molecular weight excluding hydrogens is 236 g/mol. The van der Waals surface area contributed by atoms with Crippen LogP contribution in [0.15, 0.2) is 18.2 Å². The average molecular weight is 246 g/mol. The molecule has 0 unspecified atom stereocenters.